The molecule has 0 unspecified atom stereocenters. The molecule has 1 aliphatic heterocycles. The second-order valence-electron chi connectivity index (χ2n) is 4.57. The van der Waals surface area contributed by atoms with E-state index in [1.165, 1.54) is 0 Å². The zero-order valence-electron chi connectivity index (χ0n) is 11.2. The first-order valence-corrected chi connectivity index (χ1v) is 7.08. The van der Waals surface area contributed by atoms with E-state index in [1.807, 2.05) is 6.92 Å². The van der Waals surface area contributed by atoms with E-state index in [-0.39, 0.29) is 0 Å². The molecule has 0 aromatic carbocycles. The fourth-order valence-electron chi connectivity index (χ4n) is 2.01. The standard InChI is InChI=1S/C13H20ClN3O2/c1-2-18-9-13-16-11(14)7-12(17-13)15-8-10-3-5-19-6-4-10/h7,10H,2-6,8-9H2,1H3,(H,15,16,17). The van der Waals surface area contributed by atoms with Crippen LogP contribution >= 0.6 is 11.6 Å². The monoisotopic (exact) mass is 285 g/mol. The van der Waals surface area contributed by atoms with E-state index in [4.69, 9.17) is 21.1 Å². The van der Waals surface area contributed by atoms with E-state index < -0.39 is 0 Å². The van der Waals surface area contributed by atoms with Gasteiger partial charge in [0.15, 0.2) is 5.82 Å². The summed E-state index contributed by atoms with van der Waals surface area (Å²) in [5.41, 5.74) is 0. The van der Waals surface area contributed by atoms with Crippen molar-refractivity contribution in [1.82, 2.24) is 9.97 Å². The fraction of sp³-hybridized carbons (Fsp3) is 0.692. The van der Waals surface area contributed by atoms with Crippen LogP contribution < -0.4 is 5.32 Å². The highest BCUT2D eigenvalue weighted by atomic mass is 35.5. The molecule has 2 rings (SSSR count). The number of ether oxygens (including phenoxy) is 2. The van der Waals surface area contributed by atoms with Gasteiger partial charge in [-0.2, -0.15) is 0 Å². The van der Waals surface area contributed by atoms with Gasteiger partial charge >= 0.3 is 0 Å². The molecule has 0 radical (unpaired) electrons. The number of hydrogen-bond donors (Lipinski definition) is 1. The Balaban J connectivity index is 1.89. The Labute approximate surface area is 118 Å². The van der Waals surface area contributed by atoms with Gasteiger partial charge in [0.1, 0.15) is 17.6 Å². The molecule has 0 spiro atoms. The third kappa shape index (κ3) is 4.93. The molecule has 1 N–H and O–H groups in total. The third-order valence-electron chi connectivity index (χ3n) is 3.09. The number of halogens is 1. The third-order valence-corrected chi connectivity index (χ3v) is 3.28. The highest BCUT2D eigenvalue weighted by Crippen LogP contribution is 2.17. The topological polar surface area (TPSA) is 56.3 Å². The molecule has 1 fully saturated rings. The first-order valence-electron chi connectivity index (χ1n) is 6.70. The van der Waals surface area contributed by atoms with E-state index in [9.17, 15) is 0 Å². The summed E-state index contributed by atoms with van der Waals surface area (Å²) >= 11 is 5.98. The van der Waals surface area contributed by atoms with E-state index in [1.54, 1.807) is 6.07 Å². The van der Waals surface area contributed by atoms with Gasteiger partial charge in [0, 0.05) is 32.4 Å². The molecule has 0 atom stereocenters. The van der Waals surface area contributed by atoms with E-state index in [0.717, 1.165) is 38.4 Å². The Morgan fingerprint density at radius 3 is 2.95 bits per heavy atom. The predicted molar refractivity (Wildman–Crippen MR) is 74.4 cm³/mol. The maximum Gasteiger partial charge on any atom is 0.158 e. The van der Waals surface area contributed by atoms with Gasteiger partial charge in [0.05, 0.1) is 0 Å². The minimum Gasteiger partial charge on any atom is -0.381 e. The molecular formula is C13H20ClN3O2. The maximum absolute atomic E-state index is 5.98. The first kappa shape index (κ1) is 14.5. The summed E-state index contributed by atoms with van der Waals surface area (Å²) in [6.45, 7) is 5.57. The van der Waals surface area contributed by atoms with Crippen molar-refractivity contribution >= 4 is 17.4 Å². The summed E-state index contributed by atoms with van der Waals surface area (Å²) in [4.78, 5) is 8.53. The Morgan fingerprint density at radius 1 is 1.42 bits per heavy atom. The Morgan fingerprint density at radius 2 is 2.21 bits per heavy atom. The lowest BCUT2D eigenvalue weighted by atomic mass is 10.0. The summed E-state index contributed by atoms with van der Waals surface area (Å²) in [6.07, 6.45) is 2.19. The van der Waals surface area contributed by atoms with Gasteiger partial charge in [-0.1, -0.05) is 11.6 Å². The van der Waals surface area contributed by atoms with Crippen LogP contribution in [0.2, 0.25) is 5.15 Å². The Hall–Kier alpha value is -0.910. The molecule has 0 amide bonds. The summed E-state index contributed by atoms with van der Waals surface area (Å²) in [5, 5.41) is 3.77. The maximum atomic E-state index is 5.98. The van der Waals surface area contributed by atoms with Gasteiger partial charge in [-0.3, -0.25) is 0 Å². The lowest BCUT2D eigenvalue weighted by Crippen LogP contribution is -2.23. The van der Waals surface area contributed by atoms with Crippen molar-refractivity contribution in [2.24, 2.45) is 5.92 Å². The van der Waals surface area contributed by atoms with E-state index in [2.05, 4.69) is 15.3 Å². The van der Waals surface area contributed by atoms with Crippen LogP contribution in [0.4, 0.5) is 5.82 Å². The van der Waals surface area contributed by atoms with Crippen LogP contribution in [-0.2, 0) is 16.1 Å². The van der Waals surface area contributed by atoms with Crippen LogP contribution in [0.15, 0.2) is 6.07 Å². The first-order chi connectivity index (χ1) is 9.28. The molecule has 6 heteroatoms. The van der Waals surface area contributed by atoms with Gasteiger partial charge in [0.2, 0.25) is 0 Å². The zero-order valence-corrected chi connectivity index (χ0v) is 11.9. The van der Waals surface area contributed by atoms with Crippen molar-refractivity contribution in [3.8, 4) is 0 Å². The molecule has 0 saturated carbocycles. The summed E-state index contributed by atoms with van der Waals surface area (Å²) in [5.74, 6) is 2.02. The van der Waals surface area contributed by atoms with Crippen molar-refractivity contribution in [3.05, 3.63) is 17.0 Å². The largest absolute Gasteiger partial charge is 0.381 e. The van der Waals surface area contributed by atoms with Crippen molar-refractivity contribution < 1.29 is 9.47 Å². The molecule has 0 bridgehead atoms. The van der Waals surface area contributed by atoms with Gasteiger partial charge in [0.25, 0.3) is 0 Å². The highest BCUT2D eigenvalue weighted by molar-refractivity contribution is 6.29. The van der Waals surface area contributed by atoms with Crippen LogP contribution in [0.25, 0.3) is 0 Å². The van der Waals surface area contributed by atoms with Gasteiger partial charge in [-0.15, -0.1) is 0 Å². The number of aromatic nitrogens is 2. The average Bonchev–Trinajstić information content (AvgIpc) is 2.43. The summed E-state index contributed by atoms with van der Waals surface area (Å²) in [6, 6.07) is 1.75. The van der Waals surface area contributed by atoms with Crippen molar-refractivity contribution in [1.29, 1.82) is 0 Å². The van der Waals surface area contributed by atoms with E-state index >= 15 is 0 Å². The minimum atomic E-state index is 0.392. The number of nitrogens with one attached hydrogen (secondary N) is 1. The number of nitrogens with zero attached hydrogens (tertiary/aromatic N) is 2. The number of hydrogen-bond acceptors (Lipinski definition) is 5. The average molecular weight is 286 g/mol. The van der Waals surface area contributed by atoms with Gasteiger partial charge in [-0.05, 0) is 25.7 Å². The molecule has 19 heavy (non-hydrogen) atoms. The molecule has 1 aromatic rings. The van der Waals surface area contributed by atoms with Crippen LogP contribution in [0.5, 0.6) is 0 Å². The SMILES string of the molecule is CCOCc1nc(Cl)cc(NCC2CCOCC2)n1. The lowest BCUT2D eigenvalue weighted by Gasteiger charge is -2.22. The molecule has 1 saturated heterocycles. The van der Waals surface area contributed by atoms with Gasteiger partial charge in [-0.25, -0.2) is 9.97 Å². The quantitative estimate of drug-likeness (QED) is 0.814. The minimum absolute atomic E-state index is 0.392. The van der Waals surface area contributed by atoms with Crippen LogP contribution in [0.1, 0.15) is 25.6 Å². The molecule has 0 aliphatic carbocycles. The van der Waals surface area contributed by atoms with Crippen molar-refractivity contribution in [2.75, 3.05) is 31.7 Å². The smallest absolute Gasteiger partial charge is 0.158 e. The number of anilines is 1. The molecule has 106 valence electrons. The predicted octanol–water partition coefficient (Wildman–Crippen LogP) is 2.51. The second-order valence-corrected chi connectivity index (χ2v) is 4.95. The summed E-state index contributed by atoms with van der Waals surface area (Å²) in [7, 11) is 0. The highest BCUT2D eigenvalue weighted by Gasteiger charge is 2.14. The van der Waals surface area contributed by atoms with Crippen LogP contribution in [0.3, 0.4) is 0 Å². The van der Waals surface area contributed by atoms with Crippen molar-refractivity contribution in [3.63, 3.8) is 0 Å². The van der Waals surface area contributed by atoms with Crippen LogP contribution in [-0.4, -0.2) is 36.3 Å². The zero-order chi connectivity index (χ0) is 13.5. The molecule has 1 aromatic heterocycles. The molecule has 5 nitrogen and oxygen atoms in total. The summed E-state index contributed by atoms with van der Waals surface area (Å²) < 4.78 is 10.6. The Bertz CT molecular complexity index is 397. The second kappa shape index (κ2) is 7.62. The van der Waals surface area contributed by atoms with Crippen LogP contribution in [0, 0.1) is 5.92 Å². The molecule has 2 heterocycles. The Kier molecular flexibility index (Phi) is 5.82. The normalized spacial score (nSPS) is 16.5. The van der Waals surface area contributed by atoms with E-state index in [0.29, 0.717) is 30.1 Å². The lowest BCUT2D eigenvalue weighted by molar-refractivity contribution is 0.0699. The van der Waals surface area contributed by atoms with Crippen molar-refractivity contribution in [2.45, 2.75) is 26.4 Å². The van der Waals surface area contributed by atoms with Gasteiger partial charge < -0.3 is 14.8 Å². The molecular weight excluding hydrogens is 266 g/mol. The number of rotatable bonds is 6. The molecule has 1 aliphatic rings. The fourth-order valence-corrected chi connectivity index (χ4v) is 2.21.